The first kappa shape index (κ1) is 16.5. The van der Waals surface area contributed by atoms with Crippen LogP contribution in [0, 0.1) is 5.41 Å². The molecule has 0 saturated carbocycles. The van der Waals surface area contributed by atoms with E-state index in [2.05, 4.69) is 5.32 Å². The van der Waals surface area contributed by atoms with Gasteiger partial charge >= 0.3 is 0 Å². The number of hydrogen-bond donors (Lipinski definition) is 4. The molecule has 1 atom stereocenters. The molecular weight excluding hydrogens is 256 g/mol. The molecule has 0 fully saturated rings. The van der Waals surface area contributed by atoms with E-state index in [0.29, 0.717) is 19.4 Å². The predicted molar refractivity (Wildman–Crippen MR) is 78.3 cm³/mol. The third-order valence-corrected chi connectivity index (χ3v) is 3.26. The van der Waals surface area contributed by atoms with E-state index in [9.17, 15) is 9.90 Å². The average Bonchev–Trinajstić information content (AvgIpc) is 2.38. The Morgan fingerprint density at radius 1 is 1.35 bits per heavy atom. The minimum Gasteiger partial charge on any atom is -0.508 e. The van der Waals surface area contributed by atoms with Crippen molar-refractivity contribution in [1.29, 1.82) is 0 Å². The van der Waals surface area contributed by atoms with Crippen molar-refractivity contribution in [2.75, 3.05) is 13.2 Å². The summed E-state index contributed by atoms with van der Waals surface area (Å²) in [6.45, 7) is 4.54. The molecule has 0 saturated heterocycles. The van der Waals surface area contributed by atoms with E-state index in [1.54, 1.807) is 24.3 Å². The molecule has 0 aliphatic carbocycles. The lowest BCUT2D eigenvalue weighted by atomic mass is 9.89. The molecule has 1 rings (SSSR count). The fourth-order valence-corrected chi connectivity index (χ4v) is 1.83. The average molecular weight is 280 g/mol. The number of nitrogens with two attached hydrogens (primary N) is 1. The number of phenols is 1. The van der Waals surface area contributed by atoms with Gasteiger partial charge in [-0.1, -0.05) is 26.0 Å². The van der Waals surface area contributed by atoms with Crippen LogP contribution in [0.25, 0.3) is 0 Å². The minimum absolute atomic E-state index is 0.0996. The van der Waals surface area contributed by atoms with Gasteiger partial charge in [-0.15, -0.1) is 0 Å². The van der Waals surface area contributed by atoms with E-state index < -0.39 is 6.04 Å². The van der Waals surface area contributed by atoms with Gasteiger partial charge in [0.25, 0.3) is 0 Å². The van der Waals surface area contributed by atoms with E-state index in [1.165, 1.54) is 0 Å². The van der Waals surface area contributed by atoms with Crippen LogP contribution in [0.1, 0.15) is 25.8 Å². The Bertz CT molecular complexity index is 429. The number of rotatable bonds is 7. The number of aliphatic hydroxyl groups is 1. The van der Waals surface area contributed by atoms with E-state index in [0.717, 1.165) is 5.56 Å². The molecule has 5 N–H and O–H groups in total. The first-order chi connectivity index (χ1) is 9.34. The maximum Gasteiger partial charge on any atom is 0.237 e. The van der Waals surface area contributed by atoms with Crippen LogP contribution in [0.4, 0.5) is 0 Å². The van der Waals surface area contributed by atoms with Gasteiger partial charge < -0.3 is 21.3 Å². The number of aliphatic hydroxyl groups excluding tert-OH is 1. The third-order valence-electron chi connectivity index (χ3n) is 3.26. The van der Waals surface area contributed by atoms with Gasteiger partial charge in [-0.05, 0) is 36.0 Å². The zero-order valence-electron chi connectivity index (χ0n) is 12.1. The molecule has 0 aliphatic heterocycles. The standard InChI is InChI=1S/C15H24N2O3/c1-15(2,7-8-18)10-17-14(20)13(16)9-11-3-5-12(19)6-4-11/h3-6,13,18-19H,7-10,16H2,1-2H3,(H,17,20)/t13-/m0/s1. The Hall–Kier alpha value is -1.59. The summed E-state index contributed by atoms with van der Waals surface area (Å²) in [6, 6.07) is 6.02. The highest BCUT2D eigenvalue weighted by Gasteiger charge is 2.20. The molecule has 0 aromatic heterocycles. The van der Waals surface area contributed by atoms with Crippen molar-refractivity contribution < 1.29 is 15.0 Å². The van der Waals surface area contributed by atoms with E-state index in [-0.39, 0.29) is 23.7 Å². The van der Waals surface area contributed by atoms with E-state index >= 15 is 0 Å². The highest BCUT2D eigenvalue weighted by atomic mass is 16.3. The normalized spacial score (nSPS) is 13.0. The fraction of sp³-hybridized carbons (Fsp3) is 0.533. The molecule has 0 aliphatic rings. The molecule has 1 amide bonds. The van der Waals surface area contributed by atoms with Crippen molar-refractivity contribution >= 4 is 5.91 Å². The van der Waals surface area contributed by atoms with Crippen molar-refractivity contribution in [2.45, 2.75) is 32.7 Å². The lowest BCUT2D eigenvalue weighted by Gasteiger charge is -2.24. The van der Waals surface area contributed by atoms with Crippen LogP contribution < -0.4 is 11.1 Å². The van der Waals surface area contributed by atoms with E-state index in [1.807, 2.05) is 13.8 Å². The van der Waals surface area contributed by atoms with Gasteiger partial charge in [0.1, 0.15) is 5.75 Å². The van der Waals surface area contributed by atoms with Crippen molar-refractivity contribution in [1.82, 2.24) is 5.32 Å². The maximum absolute atomic E-state index is 11.9. The predicted octanol–water partition coefficient (Wildman–Crippen LogP) is 0.787. The van der Waals surface area contributed by atoms with Gasteiger partial charge in [0.2, 0.25) is 5.91 Å². The number of carbonyl (C=O) groups excluding carboxylic acids is 1. The zero-order valence-corrected chi connectivity index (χ0v) is 12.1. The molecule has 1 aromatic rings. The number of carbonyl (C=O) groups is 1. The number of hydrogen-bond acceptors (Lipinski definition) is 4. The van der Waals surface area contributed by atoms with Gasteiger partial charge in [0, 0.05) is 13.2 Å². The van der Waals surface area contributed by atoms with Crippen LogP contribution >= 0.6 is 0 Å². The van der Waals surface area contributed by atoms with Gasteiger partial charge in [-0.25, -0.2) is 0 Å². The summed E-state index contributed by atoms with van der Waals surface area (Å²) in [5.41, 5.74) is 6.62. The van der Waals surface area contributed by atoms with Crippen molar-refractivity contribution in [3.63, 3.8) is 0 Å². The van der Waals surface area contributed by atoms with Gasteiger partial charge in [0.05, 0.1) is 6.04 Å². The van der Waals surface area contributed by atoms with Crippen molar-refractivity contribution in [3.8, 4) is 5.75 Å². The van der Waals surface area contributed by atoms with Crippen LogP contribution in [-0.2, 0) is 11.2 Å². The summed E-state index contributed by atoms with van der Waals surface area (Å²) in [7, 11) is 0. The Labute approximate surface area is 119 Å². The van der Waals surface area contributed by atoms with Crippen molar-refractivity contribution in [3.05, 3.63) is 29.8 Å². The monoisotopic (exact) mass is 280 g/mol. The van der Waals surface area contributed by atoms with Crippen molar-refractivity contribution in [2.24, 2.45) is 11.1 Å². The van der Waals surface area contributed by atoms with Crippen LogP contribution in [0.5, 0.6) is 5.75 Å². The van der Waals surface area contributed by atoms with Gasteiger partial charge in [-0.2, -0.15) is 0 Å². The molecule has 112 valence electrons. The van der Waals surface area contributed by atoms with Gasteiger partial charge in [0.15, 0.2) is 0 Å². The lowest BCUT2D eigenvalue weighted by molar-refractivity contribution is -0.122. The quantitative estimate of drug-likeness (QED) is 0.594. The Kier molecular flexibility index (Phi) is 5.98. The zero-order chi connectivity index (χ0) is 15.2. The third kappa shape index (κ3) is 5.59. The molecule has 1 aromatic carbocycles. The summed E-state index contributed by atoms with van der Waals surface area (Å²) >= 11 is 0. The minimum atomic E-state index is -0.621. The number of nitrogens with one attached hydrogen (secondary N) is 1. The largest absolute Gasteiger partial charge is 0.508 e. The summed E-state index contributed by atoms with van der Waals surface area (Å²) < 4.78 is 0. The molecule has 0 spiro atoms. The molecule has 0 radical (unpaired) electrons. The van der Waals surface area contributed by atoms with Crippen LogP contribution in [0.3, 0.4) is 0 Å². The molecule has 5 heteroatoms. The molecule has 0 heterocycles. The number of amides is 1. The number of phenolic OH excluding ortho intramolecular Hbond substituents is 1. The van der Waals surface area contributed by atoms with E-state index in [4.69, 9.17) is 10.8 Å². The Morgan fingerprint density at radius 3 is 2.50 bits per heavy atom. The highest BCUT2D eigenvalue weighted by molar-refractivity contribution is 5.81. The summed E-state index contributed by atoms with van der Waals surface area (Å²) in [5, 5.41) is 20.9. The first-order valence-electron chi connectivity index (χ1n) is 6.76. The second kappa shape index (κ2) is 7.26. The molecule has 5 nitrogen and oxygen atoms in total. The second-order valence-electron chi connectivity index (χ2n) is 5.83. The van der Waals surface area contributed by atoms with Crippen LogP contribution in [0.15, 0.2) is 24.3 Å². The molecule has 0 unspecified atom stereocenters. The SMILES string of the molecule is CC(C)(CCO)CNC(=O)[C@@H](N)Cc1ccc(O)cc1. The highest BCUT2D eigenvalue weighted by Crippen LogP contribution is 2.18. The summed E-state index contributed by atoms with van der Waals surface area (Å²) in [6.07, 6.45) is 1.05. The van der Waals surface area contributed by atoms with Crippen LogP contribution in [0.2, 0.25) is 0 Å². The topological polar surface area (TPSA) is 95.6 Å². The summed E-state index contributed by atoms with van der Waals surface area (Å²) in [5.74, 6) is -0.0124. The Morgan fingerprint density at radius 2 is 1.95 bits per heavy atom. The first-order valence-corrected chi connectivity index (χ1v) is 6.76. The Balaban J connectivity index is 2.45. The second-order valence-corrected chi connectivity index (χ2v) is 5.83. The number of benzene rings is 1. The summed E-state index contributed by atoms with van der Waals surface area (Å²) in [4.78, 5) is 11.9. The molecular formula is C15H24N2O3. The fourth-order valence-electron chi connectivity index (χ4n) is 1.83. The lowest BCUT2D eigenvalue weighted by Crippen LogP contribution is -2.45. The maximum atomic E-state index is 11.9. The molecule has 20 heavy (non-hydrogen) atoms. The van der Waals surface area contributed by atoms with Gasteiger partial charge in [-0.3, -0.25) is 4.79 Å². The van der Waals surface area contributed by atoms with Crippen LogP contribution in [-0.4, -0.2) is 35.3 Å². The molecule has 0 bridgehead atoms. The number of aromatic hydroxyl groups is 1. The smallest absolute Gasteiger partial charge is 0.237 e.